The lowest BCUT2D eigenvalue weighted by molar-refractivity contribution is -0.126. The van der Waals surface area contributed by atoms with Crippen LogP contribution in [0.3, 0.4) is 0 Å². The molecule has 0 aliphatic carbocycles. The topological polar surface area (TPSA) is 67.2 Å². The van der Waals surface area contributed by atoms with Gasteiger partial charge in [-0.1, -0.05) is 18.5 Å². The highest BCUT2D eigenvalue weighted by molar-refractivity contribution is 6.31. The van der Waals surface area contributed by atoms with E-state index in [1.165, 1.54) is 4.90 Å². The third kappa shape index (κ3) is 2.00. The summed E-state index contributed by atoms with van der Waals surface area (Å²) in [5, 5.41) is 7.10. The smallest absolute Gasteiger partial charge is 0.304 e. The zero-order valence-corrected chi connectivity index (χ0v) is 12.2. The minimum atomic E-state index is -0.835. The summed E-state index contributed by atoms with van der Waals surface area (Å²) in [6.45, 7) is 5.70. The van der Waals surface area contributed by atoms with Crippen molar-refractivity contribution in [1.29, 1.82) is 0 Å². The van der Waals surface area contributed by atoms with Gasteiger partial charge in [-0.05, 0) is 20.3 Å². The van der Waals surface area contributed by atoms with Crippen molar-refractivity contribution < 1.29 is 9.59 Å². The predicted octanol–water partition coefficient (Wildman–Crippen LogP) is 1.60. The molecule has 7 heteroatoms. The summed E-state index contributed by atoms with van der Waals surface area (Å²) in [6, 6.07) is -0.385. The van der Waals surface area contributed by atoms with Gasteiger partial charge in [-0.3, -0.25) is 14.8 Å². The van der Waals surface area contributed by atoms with Crippen molar-refractivity contribution in [3.05, 3.63) is 16.4 Å². The third-order valence-electron chi connectivity index (χ3n) is 3.81. The van der Waals surface area contributed by atoms with Crippen LogP contribution in [0.25, 0.3) is 0 Å². The number of imide groups is 1. The first-order valence-corrected chi connectivity index (χ1v) is 6.50. The molecule has 104 valence electrons. The molecule has 1 unspecified atom stereocenters. The van der Waals surface area contributed by atoms with Crippen molar-refractivity contribution in [3.8, 4) is 0 Å². The second-order valence-electron chi connectivity index (χ2n) is 4.94. The minimum Gasteiger partial charge on any atom is -0.304 e. The van der Waals surface area contributed by atoms with Crippen LogP contribution in [-0.2, 0) is 18.4 Å². The monoisotopic (exact) mass is 284 g/mol. The number of rotatable bonds is 3. The van der Waals surface area contributed by atoms with Gasteiger partial charge in [0.15, 0.2) is 0 Å². The molecule has 1 aromatic rings. The van der Waals surface area contributed by atoms with E-state index in [2.05, 4.69) is 10.4 Å². The fraction of sp³-hybridized carbons (Fsp3) is 0.583. The zero-order chi connectivity index (χ0) is 14.4. The van der Waals surface area contributed by atoms with E-state index in [-0.39, 0.29) is 18.5 Å². The van der Waals surface area contributed by atoms with Crippen molar-refractivity contribution in [1.82, 2.24) is 20.0 Å². The second kappa shape index (κ2) is 4.52. The van der Waals surface area contributed by atoms with E-state index in [0.717, 1.165) is 5.69 Å². The Bertz CT molecular complexity index is 554. The average Bonchev–Trinajstić information content (AvgIpc) is 2.71. The number of nitrogens with one attached hydrogen (secondary N) is 1. The van der Waals surface area contributed by atoms with Gasteiger partial charge in [-0.15, -0.1) is 0 Å². The Hall–Kier alpha value is -1.56. The van der Waals surface area contributed by atoms with Gasteiger partial charge in [0.2, 0.25) is 0 Å². The molecule has 1 atom stereocenters. The van der Waals surface area contributed by atoms with E-state index in [9.17, 15) is 9.59 Å². The summed E-state index contributed by atoms with van der Waals surface area (Å²) in [4.78, 5) is 25.3. The van der Waals surface area contributed by atoms with Crippen molar-refractivity contribution in [2.75, 3.05) is 0 Å². The number of carbonyl (C=O) groups is 2. The van der Waals surface area contributed by atoms with Gasteiger partial charge in [0.25, 0.3) is 5.91 Å². The zero-order valence-electron chi connectivity index (χ0n) is 11.5. The average molecular weight is 285 g/mol. The van der Waals surface area contributed by atoms with Gasteiger partial charge in [0.1, 0.15) is 5.54 Å². The molecule has 1 aliphatic heterocycles. The van der Waals surface area contributed by atoms with Gasteiger partial charge in [-0.2, -0.15) is 5.10 Å². The Labute approximate surface area is 116 Å². The maximum absolute atomic E-state index is 11.9. The summed E-state index contributed by atoms with van der Waals surface area (Å²) < 4.78 is 1.64. The Morgan fingerprint density at radius 2 is 2.05 bits per heavy atom. The van der Waals surface area contributed by atoms with Crippen LogP contribution in [0.5, 0.6) is 0 Å². The molecule has 0 spiro atoms. The van der Waals surface area contributed by atoms with Gasteiger partial charge in [0, 0.05) is 7.05 Å². The van der Waals surface area contributed by atoms with Crippen LogP contribution in [0.1, 0.15) is 31.7 Å². The molecule has 0 saturated carbocycles. The van der Waals surface area contributed by atoms with E-state index < -0.39 is 5.54 Å². The lowest BCUT2D eigenvalue weighted by Gasteiger charge is -2.30. The van der Waals surface area contributed by atoms with Crippen LogP contribution in [0.4, 0.5) is 4.79 Å². The molecule has 3 amide bonds. The molecule has 6 nitrogen and oxygen atoms in total. The van der Waals surface area contributed by atoms with Crippen molar-refractivity contribution in [2.45, 2.75) is 39.3 Å². The molecule has 19 heavy (non-hydrogen) atoms. The fourth-order valence-corrected chi connectivity index (χ4v) is 2.47. The molecule has 1 aliphatic rings. The Morgan fingerprint density at radius 3 is 2.53 bits per heavy atom. The largest absolute Gasteiger partial charge is 0.325 e. The van der Waals surface area contributed by atoms with E-state index in [0.29, 0.717) is 17.1 Å². The molecule has 0 bridgehead atoms. The fourth-order valence-electron chi connectivity index (χ4n) is 2.25. The van der Waals surface area contributed by atoms with Gasteiger partial charge >= 0.3 is 6.03 Å². The number of aromatic nitrogens is 2. The van der Waals surface area contributed by atoms with E-state index in [4.69, 9.17) is 11.6 Å². The highest BCUT2D eigenvalue weighted by atomic mass is 35.5. The second-order valence-corrected chi connectivity index (χ2v) is 5.32. The number of amides is 3. The lowest BCUT2D eigenvalue weighted by atomic mass is 9.97. The summed E-state index contributed by atoms with van der Waals surface area (Å²) in [6.07, 6.45) is 0.541. The SMILES string of the molecule is CCC1(C)C(=O)NC(=O)N1Cc1c(Cl)c(C)nn1C. The molecule has 1 saturated heterocycles. The van der Waals surface area contributed by atoms with E-state index in [1.807, 2.05) is 6.92 Å². The maximum Gasteiger partial charge on any atom is 0.325 e. The highest BCUT2D eigenvalue weighted by Gasteiger charge is 2.48. The van der Waals surface area contributed by atoms with Crippen LogP contribution in [-0.4, -0.2) is 32.2 Å². The quantitative estimate of drug-likeness (QED) is 0.858. The number of carbonyl (C=O) groups excluding carboxylic acids is 2. The minimum absolute atomic E-state index is 0.262. The van der Waals surface area contributed by atoms with Gasteiger partial charge in [-0.25, -0.2) is 4.79 Å². The molecule has 0 aromatic carbocycles. The Morgan fingerprint density at radius 1 is 1.42 bits per heavy atom. The first-order valence-electron chi connectivity index (χ1n) is 6.12. The normalized spacial score (nSPS) is 23.1. The number of nitrogens with zero attached hydrogens (tertiary/aromatic N) is 3. The summed E-state index contributed by atoms with van der Waals surface area (Å²) in [5.41, 5.74) is 0.602. The van der Waals surface area contributed by atoms with Crippen LogP contribution in [0, 0.1) is 6.92 Å². The molecular weight excluding hydrogens is 268 g/mol. The van der Waals surface area contributed by atoms with Crippen molar-refractivity contribution in [2.24, 2.45) is 7.05 Å². The predicted molar refractivity (Wildman–Crippen MR) is 70.7 cm³/mol. The highest BCUT2D eigenvalue weighted by Crippen LogP contribution is 2.29. The summed E-state index contributed by atoms with van der Waals surface area (Å²) in [5.74, 6) is -0.269. The third-order valence-corrected chi connectivity index (χ3v) is 4.30. The number of hydrogen-bond acceptors (Lipinski definition) is 3. The molecule has 1 N–H and O–H groups in total. The van der Waals surface area contributed by atoms with Crippen LogP contribution >= 0.6 is 11.6 Å². The van der Waals surface area contributed by atoms with E-state index in [1.54, 1.807) is 25.6 Å². The molecule has 2 rings (SSSR count). The van der Waals surface area contributed by atoms with Crippen molar-refractivity contribution in [3.63, 3.8) is 0 Å². The number of hydrogen-bond donors (Lipinski definition) is 1. The Kier molecular flexibility index (Phi) is 3.30. The number of aryl methyl sites for hydroxylation is 2. The first-order chi connectivity index (χ1) is 8.81. The van der Waals surface area contributed by atoms with Crippen molar-refractivity contribution >= 4 is 23.5 Å². The molecule has 2 heterocycles. The Balaban J connectivity index is 2.36. The van der Waals surface area contributed by atoms with Gasteiger partial charge in [0.05, 0.1) is 23.0 Å². The molecule has 0 radical (unpaired) electrons. The molecular formula is C12H17ClN4O2. The maximum atomic E-state index is 11.9. The summed E-state index contributed by atoms with van der Waals surface area (Å²) in [7, 11) is 1.77. The first kappa shape index (κ1) is 13.9. The number of urea groups is 1. The van der Waals surface area contributed by atoms with Crippen LogP contribution in [0.2, 0.25) is 5.02 Å². The van der Waals surface area contributed by atoms with E-state index >= 15 is 0 Å². The molecule has 1 fully saturated rings. The van der Waals surface area contributed by atoms with Crippen LogP contribution < -0.4 is 5.32 Å². The lowest BCUT2D eigenvalue weighted by Crippen LogP contribution is -2.46. The number of halogens is 1. The van der Waals surface area contributed by atoms with Gasteiger partial charge < -0.3 is 4.90 Å². The standard InChI is InChI=1S/C12H17ClN4O2/c1-5-12(3)10(18)14-11(19)17(12)6-8-9(13)7(2)15-16(8)4/h5-6H2,1-4H3,(H,14,18,19). The summed E-state index contributed by atoms with van der Waals surface area (Å²) >= 11 is 6.19. The van der Waals surface area contributed by atoms with Crippen LogP contribution in [0.15, 0.2) is 0 Å². The molecule has 1 aromatic heterocycles.